The third-order valence-corrected chi connectivity index (χ3v) is 3.86. The Hall–Kier alpha value is -2.92. The van der Waals surface area contributed by atoms with Gasteiger partial charge in [-0.3, -0.25) is 4.79 Å². The van der Waals surface area contributed by atoms with Gasteiger partial charge in [-0.25, -0.2) is 9.78 Å². The van der Waals surface area contributed by atoms with Crippen LogP contribution in [0, 0.1) is 18.3 Å². The monoisotopic (exact) mass is 359 g/mol. The van der Waals surface area contributed by atoms with E-state index in [2.05, 4.69) is 10.3 Å². The summed E-state index contributed by atoms with van der Waals surface area (Å²) in [7, 11) is 0. The van der Waals surface area contributed by atoms with E-state index in [1.165, 1.54) is 0 Å². The molecule has 7 nitrogen and oxygen atoms in total. The highest BCUT2D eigenvalue weighted by atomic mass is 32.1. The third-order valence-electron chi connectivity index (χ3n) is 3.04. The molecule has 1 N–H and O–H groups in total. The van der Waals surface area contributed by atoms with E-state index in [0.29, 0.717) is 17.9 Å². The summed E-state index contributed by atoms with van der Waals surface area (Å²) < 4.78 is 10.5. The number of hydrogen-bond acceptors (Lipinski definition) is 7. The second-order valence-corrected chi connectivity index (χ2v) is 6.07. The zero-order valence-corrected chi connectivity index (χ0v) is 14.5. The second kappa shape index (κ2) is 9.39. The predicted molar refractivity (Wildman–Crippen MR) is 91.1 cm³/mol. The Morgan fingerprint density at radius 1 is 1.32 bits per heavy atom. The maximum atomic E-state index is 11.9. The lowest BCUT2D eigenvalue weighted by atomic mass is 10.2. The number of aryl methyl sites for hydroxylation is 1. The number of ether oxygens (including phenoxy) is 2. The van der Waals surface area contributed by atoms with E-state index in [0.717, 1.165) is 10.7 Å². The van der Waals surface area contributed by atoms with E-state index in [9.17, 15) is 9.59 Å². The van der Waals surface area contributed by atoms with Gasteiger partial charge in [0.25, 0.3) is 5.91 Å². The zero-order valence-electron chi connectivity index (χ0n) is 13.7. The molecule has 130 valence electrons. The van der Waals surface area contributed by atoms with Crippen molar-refractivity contribution >= 4 is 23.2 Å². The minimum atomic E-state index is -0.600. The van der Waals surface area contributed by atoms with Gasteiger partial charge in [0.05, 0.1) is 28.8 Å². The lowest BCUT2D eigenvalue weighted by molar-refractivity contribution is -0.124. The van der Waals surface area contributed by atoms with Gasteiger partial charge >= 0.3 is 5.97 Å². The van der Waals surface area contributed by atoms with Crippen LogP contribution >= 0.6 is 11.3 Å². The fourth-order valence-corrected chi connectivity index (χ4v) is 2.44. The van der Waals surface area contributed by atoms with Crippen molar-refractivity contribution in [3.05, 3.63) is 45.9 Å². The zero-order chi connectivity index (χ0) is 18.1. The van der Waals surface area contributed by atoms with Gasteiger partial charge in [-0.2, -0.15) is 5.26 Å². The Morgan fingerprint density at radius 3 is 2.72 bits per heavy atom. The Kier molecular flexibility index (Phi) is 6.92. The number of amides is 1. The normalized spacial score (nSPS) is 9.92. The Bertz CT molecular complexity index is 765. The summed E-state index contributed by atoms with van der Waals surface area (Å²) in [6.45, 7) is 2.14. The van der Waals surface area contributed by atoms with Crippen LogP contribution in [0.15, 0.2) is 29.6 Å². The molecule has 2 aromatic rings. The molecule has 0 unspecified atom stereocenters. The standard InChI is InChI=1S/C17H17N3O4S/c1-12-20-14(11-25-12)9-23-15-5-3-13(4-6-15)17(22)24-10-16(21)19-8-2-7-18/h3-6,11H,2,8-10H2,1H3,(H,19,21). The maximum absolute atomic E-state index is 11.9. The average Bonchev–Trinajstić information content (AvgIpc) is 3.04. The number of esters is 1. The smallest absolute Gasteiger partial charge is 0.338 e. The predicted octanol–water partition coefficient (Wildman–Crippen LogP) is 2.22. The molecule has 0 radical (unpaired) electrons. The number of aromatic nitrogens is 1. The molecule has 0 spiro atoms. The molecule has 2 rings (SSSR count). The first-order chi connectivity index (χ1) is 12.1. The van der Waals surface area contributed by atoms with Gasteiger partial charge in [0.2, 0.25) is 0 Å². The molecule has 0 fully saturated rings. The van der Waals surface area contributed by atoms with Gasteiger partial charge in [-0.1, -0.05) is 0 Å². The molecule has 8 heteroatoms. The molecular formula is C17H17N3O4S. The lowest BCUT2D eigenvalue weighted by Crippen LogP contribution is -2.29. The number of benzene rings is 1. The van der Waals surface area contributed by atoms with E-state index in [1.807, 2.05) is 18.4 Å². The summed E-state index contributed by atoms with van der Waals surface area (Å²) in [5.41, 5.74) is 1.18. The molecule has 0 aliphatic rings. The fraction of sp³-hybridized carbons (Fsp3) is 0.294. The first-order valence-corrected chi connectivity index (χ1v) is 8.41. The third kappa shape index (κ3) is 6.24. The Labute approximate surface area is 149 Å². The molecular weight excluding hydrogens is 342 g/mol. The van der Waals surface area contributed by atoms with E-state index in [-0.39, 0.29) is 19.6 Å². The topological polar surface area (TPSA) is 101 Å². The van der Waals surface area contributed by atoms with Crippen molar-refractivity contribution in [2.45, 2.75) is 20.0 Å². The summed E-state index contributed by atoms with van der Waals surface area (Å²) in [5.74, 6) is -0.435. The van der Waals surface area contributed by atoms with E-state index in [1.54, 1.807) is 35.6 Å². The number of rotatable bonds is 8. The molecule has 1 amide bonds. The van der Waals surface area contributed by atoms with Crippen molar-refractivity contribution in [3.8, 4) is 11.8 Å². The molecule has 25 heavy (non-hydrogen) atoms. The largest absolute Gasteiger partial charge is 0.487 e. The van der Waals surface area contributed by atoms with Crippen molar-refractivity contribution in [2.75, 3.05) is 13.2 Å². The Balaban J connectivity index is 1.77. The van der Waals surface area contributed by atoms with Crippen LogP contribution in [0.1, 0.15) is 27.5 Å². The van der Waals surface area contributed by atoms with Gasteiger partial charge in [-0.15, -0.1) is 11.3 Å². The number of thiazole rings is 1. The highest BCUT2D eigenvalue weighted by Gasteiger charge is 2.10. The highest BCUT2D eigenvalue weighted by molar-refractivity contribution is 7.09. The van der Waals surface area contributed by atoms with Crippen LogP contribution in [0.5, 0.6) is 5.75 Å². The molecule has 0 aliphatic heterocycles. The fourth-order valence-electron chi connectivity index (χ4n) is 1.84. The maximum Gasteiger partial charge on any atom is 0.338 e. The summed E-state index contributed by atoms with van der Waals surface area (Å²) in [4.78, 5) is 27.6. The molecule has 0 aliphatic carbocycles. The number of hydrogen-bond donors (Lipinski definition) is 1. The molecule has 0 atom stereocenters. The van der Waals surface area contributed by atoms with Crippen molar-refractivity contribution in [1.29, 1.82) is 5.26 Å². The van der Waals surface area contributed by atoms with Crippen molar-refractivity contribution < 1.29 is 19.1 Å². The van der Waals surface area contributed by atoms with E-state index >= 15 is 0 Å². The van der Waals surface area contributed by atoms with Crippen molar-refractivity contribution in [1.82, 2.24) is 10.3 Å². The van der Waals surface area contributed by atoms with Crippen molar-refractivity contribution in [3.63, 3.8) is 0 Å². The number of nitrogens with zero attached hydrogens (tertiary/aromatic N) is 2. The lowest BCUT2D eigenvalue weighted by Gasteiger charge is -2.07. The first kappa shape index (κ1) is 18.4. The van der Waals surface area contributed by atoms with Gasteiger partial charge in [0.15, 0.2) is 6.61 Å². The quantitative estimate of drug-likeness (QED) is 0.573. The van der Waals surface area contributed by atoms with Crippen LogP contribution in [0.25, 0.3) is 0 Å². The van der Waals surface area contributed by atoms with E-state index < -0.39 is 11.9 Å². The molecule has 0 saturated carbocycles. The summed E-state index contributed by atoms with van der Waals surface area (Å²) in [6.07, 6.45) is 0.210. The number of carbonyl (C=O) groups excluding carboxylic acids is 2. The minimum absolute atomic E-state index is 0.210. The van der Waals surface area contributed by atoms with Crippen LogP contribution < -0.4 is 10.1 Å². The summed E-state index contributed by atoms with van der Waals surface area (Å²) >= 11 is 1.56. The van der Waals surface area contributed by atoms with Gasteiger partial charge in [0, 0.05) is 11.9 Å². The van der Waals surface area contributed by atoms with Crippen LogP contribution in [0.4, 0.5) is 0 Å². The average molecular weight is 359 g/mol. The Morgan fingerprint density at radius 2 is 2.08 bits per heavy atom. The molecule has 1 aromatic carbocycles. The second-order valence-electron chi connectivity index (χ2n) is 5.01. The van der Waals surface area contributed by atoms with Crippen LogP contribution in [-0.2, 0) is 16.1 Å². The summed E-state index contributed by atoms with van der Waals surface area (Å²) in [5, 5.41) is 13.8. The van der Waals surface area contributed by atoms with Crippen LogP contribution in [-0.4, -0.2) is 30.0 Å². The van der Waals surface area contributed by atoms with Gasteiger partial charge < -0.3 is 14.8 Å². The SMILES string of the molecule is Cc1nc(COc2ccc(C(=O)OCC(=O)NCCC#N)cc2)cs1. The number of nitrogens with one attached hydrogen (secondary N) is 1. The molecule has 0 bridgehead atoms. The van der Waals surface area contributed by atoms with Crippen molar-refractivity contribution in [2.24, 2.45) is 0 Å². The first-order valence-electron chi connectivity index (χ1n) is 7.53. The molecule has 0 saturated heterocycles. The van der Waals surface area contributed by atoms with E-state index in [4.69, 9.17) is 14.7 Å². The minimum Gasteiger partial charge on any atom is -0.487 e. The highest BCUT2D eigenvalue weighted by Crippen LogP contribution is 2.16. The number of nitriles is 1. The van der Waals surface area contributed by atoms with Crippen LogP contribution in [0.2, 0.25) is 0 Å². The number of carbonyl (C=O) groups is 2. The molecule has 1 heterocycles. The van der Waals surface area contributed by atoms with Crippen LogP contribution in [0.3, 0.4) is 0 Å². The van der Waals surface area contributed by atoms with Gasteiger partial charge in [0.1, 0.15) is 12.4 Å². The summed E-state index contributed by atoms with van der Waals surface area (Å²) in [6, 6.07) is 8.35. The van der Waals surface area contributed by atoms with Gasteiger partial charge in [-0.05, 0) is 31.2 Å². The molecule has 1 aromatic heterocycles.